The molecule has 0 unspecified atom stereocenters. The number of hydrogen-bond donors (Lipinski definition) is 1. The van der Waals surface area contributed by atoms with Gasteiger partial charge in [-0.1, -0.05) is 29.8 Å². The molecule has 1 N–H and O–H groups in total. The zero-order valence-corrected chi connectivity index (χ0v) is 15.8. The lowest BCUT2D eigenvalue weighted by atomic mass is 9.86. The van der Waals surface area contributed by atoms with Gasteiger partial charge < -0.3 is 15.0 Å². The van der Waals surface area contributed by atoms with Crippen molar-refractivity contribution in [3.63, 3.8) is 0 Å². The van der Waals surface area contributed by atoms with Gasteiger partial charge in [0.2, 0.25) is 11.9 Å². The third-order valence-corrected chi connectivity index (χ3v) is 5.35. The number of carbonyl (C=O) groups excluding carboxylic acids is 1. The number of ether oxygens (including phenoxy) is 1. The van der Waals surface area contributed by atoms with Crippen LogP contribution >= 0.6 is 0 Å². The number of aromatic nitrogens is 2. The van der Waals surface area contributed by atoms with Gasteiger partial charge in [-0.3, -0.25) is 4.79 Å². The number of nitrogens with one attached hydrogen (secondary N) is 1. The summed E-state index contributed by atoms with van der Waals surface area (Å²) in [5.74, 6) is 0.916. The molecular formula is C21H26N4O2. The van der Waals surface area contributed by atoms with E-state index in [1.807, 2.05) is 18.3 Å². The lowest BCUT2D eigenvalue weighted by Crippen LogP contribution is -2.38. The standard InChI is InChI=1S/C21H26N4O2/c1-15-3-2-4-16(11-15)13-22-20(26)17-5-6-19-18(12-17)14-23-21(24-19)25-7-9-27-10-8-25/h2-4,11,14,17H,5-10,12-13H2,1H3,(H,22,26)/t17-/m0/s1. The van der Waals surface area contributed by atoms with Gasteiger partial charge in [0.1, 0.15) is 0 Å². The Hall–Kier alpha value is -2.47. The fourth-order valence-corrected chi connectivity index (χ4v) is 3.79. The minimum absolute atomic E-state index is 0.000135. The van der Waals surface area contributed by atoms with E-state index in [0.717, 1.165) is 68.3 Å². The van der Waals surface area contributed by atoms with Crippen molar-refractivity contribution in [1.82, 2.24) is 15.3 Å². The fraction of sp³-hybridized carbons (Fsp3) is 0.476. The molecule has 27 heavy (non-hydrogen) atoms. The molecule has 142 valence electrons. The summed E-state index contributed by atoms with van der Waals surface area (Å²) < 4.78 is 5.39. The molecule has 0 radical (unpaired) electrons. The Kier molecular flexibility index (Phi) is 5.34. The van der Waals surface area contributed by atoms with Crippen molar-refractivity contribution in [2.75, 3.05) is 31.2 Å². The largest absolute Gasteiger partial charge is 0.378 e. The van der Waals surface area contributed by atoms with E-state index in [1.165, 1.54) is 5.56 Å². The molecule has 2 aromatic rings. The van der Waals surface area contributed by atoms with Crippen LogP contribution in [0.15, 0.2) is 30.5 Å². The summed E-state index contributed by atoms with van der Waals surface area (Å²) in [4.78, 5) is 24.1. The van der Waals surface area contributed by atoms with Crippen molar-refractivity contribution in [2.45, 2.75) is 32.7 Å². The zero-order valence-electron chi connectivity index (χ0n) is 15.8. The number of fused-ring (bicyclic) bond motifs is 1. The molecule has 6 nitrogen and oxygen atoms in total. The normalized spacial score (nSPS) is 19.4. The molecule has 1 aliphatic heterocycles. The molecule has 1 aromatic heterocycles. The second kappa shape index (κ2) is 8.05. The SMILES string of the molecule is Cc1cccc(CNC(=O)[C@H]2CCc3nc(N4CCOCC4)ncc3C2)c1. The molecule has 1 aromatic carbocycles. The molecule has 1 atom stereocenters. The molecule has 1 saturated heterocycles. The van der Waals surface area contributed by atoms with E-state index >= 15 is 0 Å². The molecule has 2 heterocycles. The highest BCUT2D eigenvalue weighted by molar-refractivity contribution is 5.79. The Morgan fingerprint density at radius 1 is 1.33 bits per heavy atom. The monoisotopic (exact) mass is 366 g/mol. The van der Waals surface area contributed by atoms with Crippen molar-refractivity contribution in [3.8, 4) is 0 Å². The first-order valence-electron chi connectivity index (χ1n) is 9.70. The van der Waals surface area contributed by atoms with E-state index in [9.17, 15) is 4.79 Å². The second-order valence-corrected chi connectivity index (χ2v) is 7.39. The number of aryl methyl sites for hydroxylation is 2. The van der Waals surface area contributed by atoms with E-state index in [4.69, 9.17) is 9.72 Å². The summed E-state index contributed by atoms with van der Waals surface area (Å²) in [7, 11) is 0. The van der Waals surface area contributed by atoms with Gasteiger partial charge in [0, 0.05) is 37.4 Å². The number of amides is 1. The predicted octanol–water partition coefficient (Wildman–Crippen LogP) is 2.04. The number of morpholine rings is 1. The molecule has 0 saturated carbocycles. The highest BCUT2D eigenvalue weighted by Crippen LogP contribution is 2.25. The number of rotatable bonds is 4. The van der Waals surface area contributed by atoms with Crippen molar-refractivity contribution < 1.29 is 9.53 Å². The molecule has 0 bridgehead atoms. The minimum atomic E-state index is 0.000135. The van der Waals surface area contributed by atoms with Crippen LogP contribution in [0.4, 0.5) is 5.95 Å². The van der Waals surface area contributed by atoms with Gasteiger partial charge in [0.25, 0.3) is 0 Å². The summed E-state index contributed by atoms with van der Waals surface area (Å²) in [6.07, 6.45) is 4.30. The summed E-state index contributed by atoms with van der Waals surface area (Å²) in [5, 5.41) is 3.09. The van der Waals surface area contributed by atoms with Gasteiger partial charge in [0.15, 0.2) is 0 Å². The molecular weight excluding hydrogens is 340 g/mol. The Morgan fingerprint density at radius 3 is 3.00 bits per heavy atom. The van der Waals surface area contributed by atoms with Crippen LogP contribution in [0.5, 0.6) is 0 Å². The average Bonchev–Trinajstić information content (AvgIpc) is 2.72. The Balaban J connectivity index is 1.37. The first-order chi connectivity index (χ1) is 13.2. The van der Waals surface area contributed by atoms with Gasteiger partial charge in [0.05, 0.1) is 13.2 Å². The fourth-order valence-electron chi connectivity index (χ4n) is 3.79. The number of nitrogens with zero attached hydrogens (tertiary/aromatic N) is 3. The second-order valence-electron chi connectivity index (χ2n) is 7.39. The number of benzene rings is 1. The Bertz CT molecular complexity index is 818. The van der Waals surface area contributed by atoms with Crippen LogP contribution in [0.2, 0.25) is 0 Å². The molecule has 0 spiro atoms. The van der Waals surface area contributed by atoms with Crippen molar-refractivity contribution in [3.05, 3.63) is 52.8 Å². The van der Waals surface area contributed by atoms with Crippen LogP contribution in [0.25, 0.3) is 0 Å². The highest BCUT2D eigenvalue weighted by Gasteiger charge is 2.26. The maximum atomic E-state index is 12.6. The van der Waals surface area contributed by atoms with Gasteiger partial charge in [-0.2, -0.15) is 0 Å². The van der Waals surface area contributed by atoms with E-state index in [0.29, 0.717) is 6.54 Å². The van der Waals surface area contributed by atoms with Gasteiger partial charge in [-0.15, -0.1) is 0 Å². The lowest BCUT2D eigenvalue weighted by Gasteiger charge is -2.28. The highest BCUT2D eigenvalue weighted by atomic mass is 16.5. The first kappa shape index (κ1) is 17.9. The number of hydrogen-bond acceptors (Lipinski definition) is 5. The van der Waals surface area contributed by atoms with Crippen LogP contribution < -0.4 is 10.2 Å². The van der Waals surface area contributed by atoms with Crippen LogP contribution in [0.1, 0.15) is 28.8 Å². The summed E-state index contributed by atoms with van der Waals surface area (Å²) >= 11 is 0. The van der Waals surface area contributed by atoms with Crippen LogP contribution in [-0.4, -0.2) is 42.2 Å². The topological polar surface area (TPSA) is 67.4 Å². The molecule has 1 fully saturated rings. The summed E-state index contributed by atoms with van der Waals surface area (Å²) in [6, 6.07) is 8.24. The van der Waals surface area contributed by atoms with Gasteiger partial charge in [-0.25, -0.2) is 9.97 Å². The third kappa shape index (κ3) is 4.27. The molecule has 6 heteroatoms. The Labute approximate surface area is 160 Å². The van der Waals surface area contributed by atoms with Gasteiger partial charge in [-0.05, 0) is 37.3 Å². The smallest absolute Gasteiger partial charge is 0.225 e. The van der Waals surface area contributed by atoms with E-state index in [1.54, 1.807) is 0 Å². The Morgan fingerprint density at radius 2 is 2.19 bits per heavy atom. The molecule has 1 amide bonds. The average molecular weight is 366 g/mol. The number of carbonyl (C=O) groups is 1. The van der Waals surface area contributed by atoms with Crippen LogP contribution in [0, 0.1) is 12.8 Å². The molecule has 4 rings (SSSR count). The van der Waals surface area contributed by atoms with E-state index < -0.39 is 0 Å². The van der Waals surface area contributed by atoms with Crippen molar-refractivity contribution >= 4 is 11.9 Å². The van der Waals surface area contributed by atoms with E-state index in [-0.39, 0.29) is 11.8 Å². The molecule has 1 aliphatic carbocycles. The van der Waals surface area contributed by atoms with Crippen LogP contribution in [0.3, 0.4) is 0 Å². The maximum Gasteiger partial charge on any atom is 0.225 e. The minimum Gasteiger partial charge on any atom is -0.378 e. The zero-order chi connectivity index (χ0) is 18.6. The van der Waals surface area contributed by atoms with Crippen molar-refractivity contribution in [2.24, 2.45) is 5.92 Å². The van der Waals surface area contributed by atoms with Crippen LogP contribution in [-0.2, 0) is 28.9 Å². The number of anilines is 1. The molecule has 2 aliphatic rings. The summed E-state index contributed by atoms with van der Waals surface area (Å²) in [5.41, 5.74) is 4.54. The predicted molar refractivity (Wildman–Crippen MR) is 104 cm³/mol. The maximum absolute atomic E-state index is 12.6. The van der Waals surface area contributed by atoms with Gasteiger partial charge >= 0.3 is 0 Å². The third-order valence-electron chi connectivity index (χ3n) is 5.35. The lowest BCUT2D eigenvalue weighted by molar-refractivity contribution is -0.125. The first-order valence-corrected chi connectivity index (χ1v) is 9.70. The van der Waals surface area contributed by atoms with Crippen molar-refractivity contribution in [1.29, 1.82) is 0 Å². The summed E-state index contributed by atoms with van der Waals surface area (Å²) in [6.45, 7) is 5.77. The quantitative estimate of drug-likeness (QED) is 0.897. The van der Waals surface area contributed by atoms with E-state index in [2.05, 4.69) is 34.3 Å².